The van der Waals surface area contributed by atoms with Crippen LogP contribution >= 0.6 is 0 Å². The fourth-order valence-electron chi connectivity index (χ4n) is 4.50. The van der Waals surface area contributed by atoms with E-state index in [1.807, 2.05) is 6.92 Å². The summed E-state index contributed by atoms with van der Waals surface area (Å²) >= 11 is 0. The van der Waals surface area contributed by atoms with E-state index in [2.05, 4.69) is 81.6 Å². The van der Waals surface area contributed by atoms with E-state index in [1.165, 1.54) is 16.0 Å². The van der Waals surface area contributed by atoms with Crippen molar-refractivity contribution in [1.29, 1.82) is 0 Å². The van der Waals surface area contributed by atoms with Gasteiger partial charge in [0.15, 0.2) is 0 Å². The highest BCUT2D eigenvalue weighted by Crippen LogP contribution is 2.43. The van der Waals surface area contributed by atoms with E-state index < -0.39 is 5.60 Å². The first-order chi connectivity index (χ1) is 10.9. The van der Waals surface area contributed by atoms with Gasteiger partial charge in [0.25, 0.3) is 0 Å². The minimum absolute atomic E-state index is 0.194. The molecule has 2 unspecified atom stereocenters. The van der Waals surface area contributed by atoms with Crippen LogP contribution < -0.4 is 4.90 Å². The molecular formula is C21H28NO+. The van der Waals surface area contributed by atoms with Crippen molar-refractivity contribution in [3.63, 3.8) is 0 Å². The number of piperidine rings is 1. The van der Waals surface area contributed by atoms with Crippen molar-refractivity contribution in [2.45, 2.75) is 38.5 Å². The number of rotatable bonds is 2. The second kappa shape index (κ2) is 6.10. The zero-order valence-electron chi connectivity index (χ0n) is 14.5. The van der Waals surface area contributed by atoms with Gasteiger partial charge in [0.1, 0.15) is 12.1 Å². The third-order valence-electron chi connectivity index (χ3n) is 6.14. The van der Waals surface area contributed by atoms with Crippen molar-refractivity contribution in [2.75, 3.05) is 7.05 Å². The van der Waals surface area contributed by atoms with Crippen LogP contribution in [0.25, 0.3) is 0 Å². The van der Waals surface area contributed by atoms with Crippen molar-refractivity contribution in [2.24, 2.45) is 11.8 Å². The molecule has 122 valence electrons. The van der Waals surface area contributed by atoms with Crippen molar-refractivity contribution in [3.05, 3.63) is 71.8 Å². The van der Waals surface area contributed by atoms with Crippen LogP contribution in [0.5, 0.6) is 0 Å². The molecule has 3 rings (SSSR count). The van der Waals surface area contributed by atoms with Crippen LogP contribution in [0.15, 0.2) is 60.7 Å². The molecule has 0 saturated carbocycles. The van der Waals surface area contributed by atoms with Gasteiger partial charge in [-0.1, -0.05) is 74.5 Å². The molecule has 2 nitrogen and oxygen atoms in total. The monoisotopic (exact) mass is 310 g/mol. The van der Waals surface area contributed by atoms with E-state index >= 15 is 0 Å². The van der Waals surface area contributed by atoms with Gasteiger partial charge in [-0.05, 0) is 6.92 Å². The van der Waals surface area contributed by atoms with E-state index in [0.717, 1.165) is 0 Å². The summed E-state index contributed by atoms with van der Waals surface area (Å²) in [6.07, 6.45) is 0. The number of hydrogen-bond acceptors (Lipinski definition) is 1. The van der Waals surface area contributed by atoms with E-state index in [-0.39, 0.29) is 23.9 Å². The van der Waals surface area contributed by atoms with Crippen LogP contribution in [0.4, 0.5) is 0 Å². The van der Waals surface area contributed by atoms with Crippen LogP contribution in [-0.4, -0.2) is 17.8 Å². The maximum Gasteiger partial charge on any atom is 0.119 e. The summed E-state index contributed by atoms with van der Waals surface area (Å²) in [6.45, 7) is 6.40. The van der Waals surface area contributed by atoms with Crippen molar-refractivity contribution < 1.29 is 10.0 Å². The number of aliphatic hydroxyl groups is 1. The Balaban J connectivity index is 2.07. The first kappa shape index (κ1) is 16.2. The van der Waals surface area contributed by atoms with Gasteiger partial charge in [-0.3, -0.25) is 0 Å². The van der Waals surface area contributed by atoms with Gasteiger partial charge in [0.05, 0.1) is 12.6 Å². The Kier molecular flexibility index (Phi) is 4.31. The molecule has 1 saturated heterocycles. The molecule has 0 bridgehead atoms. The van der Waals surface area contributed by atoms with Crippen molar-refractivity contribution in [3.8, 4) is 0 Å². The lowest BCUT2D eigenvalue weighted by atomic mass is 9.66. The third kappa shape index (κ3) is 2.71. The molecular weight excluding hydrogens is 282 g/mol. The number of quaternary nitrogens is 1. The molecule has 1 aliphatic heterocycles. The van der Waals surface area contributed by atoms with Gasteiger partial charge in [-0.2, -0.15) is 0 Å². The Labute approximate surface area is 139 Å². The van der Waals surface area contributed by atoms with E-state index in [1.54, 1.807) is 0 Å². The highest BCUT2D eigenvalue weighted by Gasteiger charge is 2.54. The summed E-state index contributed by atoms with van der Waals surface area (Å²) in [6, 6.07) is 21.8. The summed E-state index contributed by atoms with van der Waals surface area (Å²) < 4.78 is 0. The molecule has 0 radical (unpaired) electrons. The van der Waals surface area contributed by atoms with Gasteiger partial charge >= 0.3 is 0 Å². The van der Waals surface area contributed by atoms with E-state index in [4.69, 9.17) is 0 Å². The summed E-state index contributed by atoms with van der Waals surface area (Å²) in [4.78, 5) is 1.47. The van der Waals surface area contributed by atoms with E-state index in [0.29, 0.717) is 0 Å². The quantitative estimate of drug-likeness (QED) is 0.875. The van der Waals surface area contributed by atoms with Gasteiger partial charge in [-0.25, -0.2) is 0 Å². The van der Waals surface area contributed by atoms with Gasteiger partial charge in [0, 0.05) is 23.0 Å². The maximum absolute atomic E-state index is 11.3. The highest BCUT2D eigenvalue weighted by molar-refractivity contribution is 5.23. The molecule has 2 N–H and O–H groups in total. The standard InChI is InChI=1S/C21H27NO/c1-15-19(17-11-7-5-8-12-17)22(4)20(16(2)21(15,3)23)18-13-9-6-10-14-18/h5-16,19-20,23H,1-4H3/p+1/t15-,16+,19-,20+,21?. The molecule has 2 aromatic carbocycles. The fourth-order valence-corrected chi connectivity index (χ4v) is 4.50. The van der Waals surface area contributed by atoms with Gasteiger partial charge in [-0.15, -0.1) is 0 Å². The Hall–Kier alpha value is -1.64. The minimum atomic E-state index is -0.694. The van der Waals surface area contributed by atoms with Gasteiger partial charge < -0.3 is 10.0 Å². The molecule has 6 atom stereocenters. The summed E-state index contributed by atoms with van der Waals surface area (Å²) in [7, 11) is 2.28. The molecule has 1 aliphatic rings. The Morgan fingerprint density at radius 1 is 0.783 bits per heavy atom. The van der Waals surface area contributed by atoms with Gasteiger partial charge in [0.2, 0.25) is 0 Å². The fraction of sp³-hybridized carbons (Fsp3) is 0.429. The lowest BCUT2D eigenvalue weighted by Crippen LogP contribution is -3.13. The third-order valence-corrected chi connectivity index (χ3v) is 6.14. The lowest BCUT2D eigenvalue weighted by Gasteiger charge is -2.52. The van der Waals surface area contributed by atoms with Crippen LogP contribution in [0.2, 0.25) is 0 Å². The average molecular weight is 310 g/mol. The molecule has 0 amide bonds. The number of nitrogens with one attached hydrogen (secondary N) is 1. The lowest BCUT2D eigenvalue weighted by molar-refractivity contribution is -0.961. The van der Waals surface area contributed by atoms with Crippen molar-refractivity contribution in [1.82, 2.24) is 0 Å². The molecule has 0 aliphatic carbocycles. The molecule has 0 aromatic heterocycles. The average Bonchev–Trinajstić information content (AvgIpc) is 2.56. The predicted octanol–water partition coefficient (Wildman–Crippen LogP) is 3.02. The minimum Gasteiger partial charge on any atom is -0.389 e. The number of hydrogen-bond donors (Lipinski definition) is 2. The van der Waals surface area contributed by atoms with Crippen LogP contribution in [0, 0.1) is 11.8 Å². The second-order valence-electron chi connectivity index (χ2n) is 7.32. The maximum atomic E-state index is 11.3. The largest absolute Gasteiger partial charge is 0.389 e. The number of benzene rings is 2. The Morgan fingerprint density at radius 3 is 1.48 bits per heavy atom. The predicted molar refractivity (Wildman–Crippen MR) is 94.2 cm³/mol. The molecule has 1 fully saturated rings. The Bertz CT molecular complexity index is 582. The molecule has 2 aromatic rings. The smallest absolute Gasteiger partial charge is 0.119 e. The number of likely N-dealkylation sites (tertiary alicyclic amines) is 1. The molecule has 2 heteroatoms. The normalized spacial score (nSPS) is 37.5. The zero-order chi connectivity index (χ0) is 16.6. The topological polar surface area (TPSA) is 24.7 Å². The highest BCUT2D eigenvalue weighted by atomic mass is 16.3. The molecule has 23 heavy (non-hydrogen) atoms. The summed E-state index contributed by atoms with van der Waals surface area (Å²) in [5.41, 5.74) is 1.93. The van der Waals surface area contributed by atoms with Crippen LogP contribution in [0.3, 0.4) is 0 Å². The van der Waals surface area contributed by atoms with Crippen molar-refractivity contribution >= 4 is 0 Å². The molecule has 0 spiro atoms. The van der Waals surface area contributed by atoms with Crippen LogP contribution in [-0.2, 0) is 0 Å². The van der Waals surface area contributed by atoms with Crippen LogP contribution in [0.1, 0.15) is 44.0 Å². The Morgan fingerprint density at radius 2 is 1.13 bits per heavy atom. The summed E-state index contributed by atoms with van der Waals surface area (Å²) in [5, 5.41) is 11.3. The summed E-state index contributed by atoms with van der Waals surface area (Å²) in [5.74, 6) is 0.389. The van der Waals surface area contributed by atoms with E-state index in [9.17, 15) is 5.11 Å². The molecule has 1 heterocycles. The zero-order valence-corrected chi connectivity index (χ0v) is 14.5. The second-order valence-corrected chi connectivity index (χ2v) is 7.32. The first-order valence-electron chi connectivity index (χ1n) is 8.60. The SMILES string of the molecule is C[C@@H]1[C@H](c2ccccc2)[NH+](C)[C@H](c2ccccc2)[C@H](C)C1(C)O. The first-order valence-corrected chi connectivity index (χ1v) is 8.60.